The van der Waals surface area contributed by atoms with Crippen molar-refractivity contribution in [1.29, 1.82) is 0 Å². The Labute approximate surface area is 145 Å². The number of thiazole rings is 1. The number of aromatic nitrogens is 1. The second kappa shape index (κ2) is 8.04. The highest BCUT2D eigenvalue weighted by Crippen LogP contribution is 2.22. The average molecular weight is 341 g/mol. The summed E-state index contributed by atoms with van der Waals surface area (Å²) in [7, 11) is 0. The maximum atomic E-state index is 11.9. The van der Waals surface area contributed by atoms with Gasteiger partial charge in [-0.1, -0.05) is 42.5 Å². The van der Waals surface area contributed by atoms with E-state index in [0.717, 1.165) is 20.8 Å². The van der Waals surface area contributed by atoms with Crippen LogP contribution in [0.3, 0.4) is 0 Å². The molecular formula is C19H19NO3S. The van der Waals surface area contributed by atoms with Gasteiger partial charge in [-0.05, 0) is 24.6 Å². The molecule has 24 heavy (non-hydrogen) atoms. The molecule has 0 unspecified atom stereocenters. The van der Waals surface area contributed by atoms with Gasteiger partial charge in [0.05, 0.1) is 29.3 Å². The molecule has 0 amide bonds. The largest absolute Gasteiger partial charge is 0.461 e. The fourth-order valence-electron chi connectivity index (χ4n) is 2.29. The Hall–Kier alpha value is -2.24. The van der Waals surface area contributed by atoms with E-state index in [0.29, 0.717) is 13.2 Å². The lowest BCUT2D eigenvalue weighted by atomic mass is 10.2. The van der Waals surface area contributed by atoms with Gasteiger partial charge in [0, 0.05) is 0 Å². The lowest BCUT2D eigenvalue weighted by Crippen LogP contribution is -2.16. The quantitative estimate of drug-likeness (QED) is 0.600. The molecule has 0 spiro atoms. The monoisotopic (exact) mass is 341 g/mol. The summed E-state index contributed by atoms with van der Waals surface area (Å²) < 4.78 is 12.1. The van der Waals surface area contributed by atoms with Gasteiger partial charge in [-0.3, -0.25) is 4.79 Å². The molecule has 1 atom stereocenters. The lowest BCUT2D eigenvalue weighted by molar-refractivity contribution is -0.148. The summed E-state index contributed by atoms with van der Waals surface area (Å²) in [5.74, 6) is -0.254. The van der Waals surface area contributed by atoms with Crippen molar-refractivity contribution < 1.29 is 14.3 Å². The number of benzene rings is 2. The maximum absolute atomic E-state index is 11.9. The predicted octanol–water partition coefficient (Wildman–Crippen LogP) is 4.33. The molecule has 0 aliphatic rings. The first-order chi connectivity index (χ1) is 11.7. The second-order valence-electron chi connectivity index (χ2n) is 5.55. The van der Waals surface area contributed by atoms with Gasteiger partial charge < -0.3 is 9.47 Å². The molecule has 4 nitrogen and oxygen atoms in total. The number of fused-ring (bicyclic) bond motifs is 1. The summed E-state index contributed by atoms with van der Waals surface area (Å²) in [6, 6.07) is 17.6. The first-order valence-electron chi connectivity index (χ1n) is 7.86. The molecular weight excluding hydrogens is 322 g/mol. The van der Waals surface area contributed by atoms with Crippen molar-refractivity contribution in [2.24, 2.45) is 0 Å². The fraction of sp³-hybridized carbons (Fsp3) is 0.263. The van der Waals surface area contributed by atoms with Gasteiger partial charge in [-0.2, -0.15) is 0 Å². The highest BCUT2D eigenvalue weighted by molar-refractivity contribution is 7.18. The van der Waals surface area contributed by atoms with Gasteiger partial charge in [0.1, 0.15) is 11.6 Å². The van der Waals surface area contributed by atoms with Crippen molar-refractivity contribution in [3.05, 3.63) is 65.2 Å². The second-order valence-corrected chi connectivity index (χ2v) is 6.66. The zero-order chi connectivity index (χ0) is 16.8. The lowest BCUT2D eigenvalue weighted by Gasteiger charge is -2.11. The fourth-order valence-corrected chi connectivity index (χ4v) is 3.18. The summed E-state index contributed by atoms with van der Waals surface area (Å²) in [5, 5.41) is 0.917. The molecule has 0 saturated heterocycles. The van der Waals surface area contributed by atoms with E-state index in [1.165, 1.54) is 0 Å². The summed E-state index contributed by atoms with van der Waals surface area (Å²) in [4.78, 5) is 16.4. The number of hydrogen-bond donors (Lipinski definition) is 0. The van der Waals surface area contributed by atoms with Crippen LogP contribution in [0.2, 0.25) is 0 Å². The molecule has 0 aliphatic heterocycles. The number of carbonyl (C=O) groups excluding carboxylic acids is 1. The van der Waals surface area contributed by atoms with Crippen LogP contribution in [0.15, 0.2) is 54.6 Å². The van der Waals surface area contributed by atoms with Gasteiger partial charge in [0.15, 0.2) is 0 Å². The summed E-state index contributed by atoms with van der Waals surface area (Å²) in [5.41, 5.74) is 1.96. The number of ether oxygens (including phenoxy) is 2. The van der Waals surface area contributed by atoms with Gasteiger partial charge in [-0.25, -0.2) is 4.98 Å². The van der Waals surface area contributed by atoms with Crippen LogP contribution in [0.4, 0.5) is 0 Å². The SMILES string of the molecule is C[C@@H](CC(=O)OCc1ccccc1)OCc1nc2ccccc2s1. The highest BCUT2D eigenvalue weighted by atomic mass is 32.1. The van der Waals surface area contributed by atoms with Crippen molar-refractivity contribution in [3.63, 3.8) is 0 Å². The Morgan fingerprint density at radius 3 is 2.62 bits per heavy atom. The summed E-state index contributed by atoms with van der Waals surface area (Å²) >= 11 is 1.61. The Kier molecular flexibility index (Phi) is 5.56. The zero-order valence-electron chi connectivity index (χ0n) is 13.5. The van der Waals surface area contributed by atoms with Crippen molar-refractivity contribution in [2.45, 2.75) is 32.7 Å². The highest BCUT2D eigenvalue weighted by Gasteiger charge is 2.12. The van der Waals surface area contributed by atoms with Gasteiger partial charge in [0.25, 0.3) is 0 Å². The Morgan fingerprint density at radius 2 is 1.83 bits per heavy atom. The molecule has 124 valence electrons. The normalized spacial score (nSPS) is 12.2. The Morgan fingerprint density at radius 1 is 1.08 bits per heavy atom. The maximum Gasteiger partial charge on any atom is 0.308 e. The summed E-state index contributed by atoms with van der Waals surface area (Å²) in [6.07, 6.45) is 0.0258. The molecule has 0 fully saturated rings. The van der Waals surface area contributed by atoms with Crippen LogP contribution in [0.1, 0.15) is 23.9 Å². The van der Waals surface area contributed by atoms with E-state index < -0.39 is 0 Å². The first-order valence-corrected chi connectivity index (χ1v) is 8.68. The van der Waals surface area contributed by atoms with Crippen LogP contribution in [0, 0.1) is 0 Å². The first kappa shape index (κ1) is 16.6. The molecule has 5 heteroatoms. The summed E-state index contributed by atoms with van der Waals surface area (Å²) in [6.45, 7) is 2.58. The number of rotatable bonds is 7. The van der Waals surface area contributed by atoms with E-state index in [1.54, 1.807) is 11.3 Å². The number of hydrogen-bond acceptors (Lipinski definition) is 5. The predicted molar refractivity (Wildman–Crippen MR) is 94.7 cm³/mol. The third-order valence-corrected chi connectivity index (χ3v) is 4.54. The van der Waals surface area contributed by atoms with Gasteiger partial charge in [-0.15, -0.1) is 11.3 Å². The molecule has 3 aromatic rings. The molecule has 0 aliphatic carbocycles. The molecule has 2 aromatic carbocycles. The smallest absolute Gasteiger partial charge is 0.308 e. The van der Waals surface area contributed by atoms with Crippen LogP contribution < -0.4 is 0 Å². The Bertz CT molecular complexity index is 767. The molecule has 0 radical (unpaired) electrons. The minimum Gasteiger partial charge on any atom is -0.461 e. The van der Waals surface area contributed by atoms with E-state index >= 15 is 0 Å². The van der Waals surface area contributed by atoms with Crippen LogP contribution in [-0.4, -0.2) is 17.1 Å². The zero-order valence-corrected chi connectivity index (χ0v) is 14.3. The topological polar surface area (TPSA) is 48.4 Å². The molecule has 1 aromatic heterocycles. The standard InChI is InChI=1S/C19H19NO3S/c1-14(11-19(21)23-12-15-7-3-2-4-8-15)22-13-18-20-16-9-5-6-10-17(16)24-18/h2-10,14H,11-13H2,1H3/t14-/m0/s1. The van der Waals surface area contributed by atoms with Crippen molar-refractivity contribution in [1.82, 2.24) is 4.98 Å². The van der Waals surface area contributed by atoms with E-state index in [2.05, 4.69) is 4.98 Å². The average Bonchev–Trinajstić information content (AvgIpc) is 3.02. The van der Waals surface area contributed by atoms with Crippen LogP contribution in [-0.2, 0) is 27.5 Å². The Balaban J connectivity index is 1.43. The molecule has 0 bridgehead atoms. The van der Waals surface area contributed by atoms with E-state index in [9.17, 15) is 4.79 Å². The van der Waals surface area contributed by atoms with Crippen molar-refractivity contribution in [3.8, 4) is 0 Å². The van der Waals surface area contributed by atoms with E-state index in [1.807, 2.05) is 61.5 Å². The van der Waals surface area contributed by atoms with Crippen LogP contribution >= 0.6 is 11.3 Å². The van der Waals surface area contributed by atoms with Crippen molar-refractivity contribution in [2.75, 3.05) is 0 Å². The number of esters is 1. The number of carbonyl (C=O) groups is 1. The molecule has 0 N–H and O–H groups in total. The minimum atomic E-state index is -0.254. The van der Waals surface area contributed by atoms with E-state index in [4.69, 9.17) is 9.47 Å². The third-order valence-electron chi connectivity index (χ3n) is 3.53. The van der Waals surface area contributed by atoms with Gasteiger partial charge >= 0.3 is 5.97 Å². The number of para-hydroxylation sites is 1. The van der Waals surface area contributed by atoms with Crippen LogP contribution in [0.5, 0.6) is 0 Å². The third kappa shape index (κ3) is 4.63. The van der Waals surface area contributed by atoms with Gasteiger partial charge in [0.2, 0.25) is 0 Å². The molecule has 1 heterocycles. The van der Waals surface area contributed by atoms with Crippen LogP contribution in [0.25, 0.3) is 10.2 Å². The minimum absolute atomic E-state index is 0.208. The number of nitrogens with zero attached hydrogens (tertiary/aromatic N) is 1. The molecule has 0 saturated carbocycles. The molecule has 3 rings (SSSR count). The van der Waals surface area contributed by atoms with E-state index in [-0.39, 0.29) is 18.5 Å². The van der Waals surface area contributed by atoms with Crippen molar-refractivity contribution >= 4 is 27.5 Å².